The molecule has 0 atom stereocenters. The molecule has 0 radical (unpaired) electrons. The van der Waals surface area contributed by atoms with Gasteiger partial charge in [-0.15, -0.1) is 11.8 Å². The first kappa shape index (κ1) is 17.2. The molecule has 0 aromatic heterocycles. The van der Waals surface area contributed by atoms with Gasteiger partial charge in [-0.1, -0.05) is 55.5 Å². The van der Waals surface area contributed by atoms with E-state index in [4.69, 9.17) is 0 Å². The van der Waals surface area contributed by atoms with E-state index in [1.54, 1.807) is 4.91 Å². The Labute approximate surface area is 142 Å². The average molecular weight is 330 g/mol. The summed E-state index contributed by atoms with van der Waals surface area (Å²) in [4.78, 5) is 3.00. The summed E-state index contributed by atoms with van der Waals surface area (Å²) < 4.78 is 0. The Balaban J connectivity index is 2.65. The van der Waals surface area contributed by atoms with Crippen LogP contribution in [0.5, 0.6) is 0 Å². The summed E-state index contributed by atoms with van der Waals surface area (Å²) in [5.74, 6) is 3.52. The van der Waals surface area contributed by atoms with E-state index in [0.717, 1.165) is 5.75 Å². The van der Waals surface area contributed by atoms with Gasteiger partial charge in [-0.2, -0.15) is 0 Å². The van der Waals surface area contributed by atoms with Crippen molar-refractivity contribution in [3.63, 3.8) is 0 Å². The lowest BCUT2D eigenvalue weighted by molar-refractivity contribution is 1.44. The maximum Gasteiger partial charge on any atom is 0.176 e. The zero-order valence-electron chi connectivity index (χ0n) is 13.7. The zero-order chi connectivity index (χ0) is 15.8. The second-order valence-electron chi connectivity index (χ2n) is 4.89. The van der Waals surface area contributed by atoms with E-state index < -0.39 is 0 Å². The number of benzene rings is 2. The largest absolute Gasteiger partial charge is 0.176 e. The summed E-state index contributed by atoms with van der Waals surface area (Å²) in [5.41, 5.74) is 2.74. The van der Waals surface area contributed by atoms with Gasteiger partial charge < -0.3 is 0 Å². The van der Waals surface area contributed by atoms with E-state index in [9.17, 15) is 0 Å². The third-order valence-electron chi connectivity index (χ3n) is 3.55. The van der Waals surface area contributed by atoms with Crippen LogP contribution in [0.15, 0.2) is 60.7 Å². The number of rotatable bonds is 7. The van der Waals surface area contributed by atoms with Crippen molar-refractivity contribution < 1.29 is 0 Å². The molecule has 0 nitrogen and oxygen atoms in total. The highest BCUT2D eigenvalue weighted by molar-refractivity contribution is 8.12. The van der Waals surface area contributed by atoms with Crippen molar-refractivity contribution in [1.82, 2.24) is 0 Å². The molecule has 0 heterocycles. The molecular weight excluding hydrogens is 304 g/mol. The number of hydrogen-bond donors (Lipinski definition) is 0. The molecule has 2 aromatic rings. The van der Waals surface area contributed by atoms with Crippen molar-refractivity contribution in [3.8, 4) is 0 Å². The first-order chi connectivity index (χ1) is 10.8. The number of thioether (sulfide) groups is 1. The van der Waals surface area contributed by atoms with Gasteiger partial charge in [0.25, 0.3) is 0 Å². The first-order valence-electron chi connectivity index (χ1n) is 7.97. The van der Waals surface area contributed by atoms with Gasteiger partial charge in [-0.3, -0.25) is 0 Å². The molecule has 2 aromatic carbocycles. The standard InChI is InChI=1S/C20H25S2/c1-4-21-19(17-13-9-7-10-14-17)20(22(5-2)6-3)18-15-11-8-12-16-18/h7-16H,4-6H2,1-3H3/q+1. The summed E-state index contributed by atoms with van der Waals surface area (Å²) >= 11 is 1.98. The second kappa shape index (κ2) is 9.12. The Morgan fingerprint density at radius 3 is 1.73 bits per heavy atom. The van der Waals surface area contributed by atoms with E-state index in [0.29, 0.717) is 10.9 Å². The van der Waals surface area contributed by atoms with Crippen LogP contribution in [0.2, 0.25) is 0 Å². The smallest absolute Gasteiger partial charge is 0.121 e. The highest BCUT2D eigenvalue weighted by atomic mass is 32.2. The predicted octanol–water partition coefficient (Wildman–Crippen LogP) is 5.92. The minimum atomic E-state index is 0.300. The van der Waals surface area contributed by atoms with Crippen LogP contribution in [0, 0.1) is 0 Å². The summed E-state index contributed by atoms with van der Waals surface area (Å²) in [6, 6.07) is 21.8. The minimum absolute atomic E-state index is 0.300. The molecule has 0 aliphatic heterocycles. The molecule has 0 spiro atoms. The fourth-order valence-electron chi connectivity index (χ4n) is 2.53. The molecule has 0 aliphatic rings. The van der Waals surface area contributed by atoms with Crippen molar-refractivity contribution in [2.45, 2.75) is 20.8 Å². The van der Waals surface area contributed by atoms with Gasteiger partial charge in [-0.25, -0.2) is 0 Å². The molecule has 0 saturated heterocycles. The van der Waals surface area contributed by atoms with Crippen LogP contribution in [0.25, 0.3) is 9.81 Å². The summed E-state index contributed by atoms with van der Waals surface area (Å²) in [7, 11) is 0.300. The third-order valence-corrected chi connectivity index (χ3v) is 7.11. The number of hydrogen-bond acceptors (Lipinski definition) is 1. The lowest BCUT2D eigenvalue weighted by atomic mass is 10.1. The van der Waals surface area contributed by atoms with Crippen molar-refractivity contribution in [3.05, 3.63) is 71.8 Å². The third kappa shape index (κ3) is 4.21. The summed E-state index contributed by atoms with van der Waals surface area (Å²) in [6.45, 7) is 6.87. The molecule has 0 bridgehead atoms. The fraction of sp³-hybridized carbons (Fsp3) is 0.300. The summed E-state index contributed by atoms with van der Waals surface area (Å²) in [5, 5.41) is 0. The Morgan fingerprint density at radius 1 is 0.773 bits per heavy atom. The molecule has 0 aliphatic carbocycles. The monoisotopic (exact) mass is 329 g/mol. The molecule has 0 fully saturated rings. The zero-order valence-corrected chi connectivity index (χ0v) is 15.3. The van der Waals surface area contributed by atoms with Crippen LogP contribution in [-0.4, -0.2) is 17.3 Å². The SMILES string of the molecule is CCSC(=C(c1ccccc1)[S+](CC)CC)c1ccccc1. The van der Waals surface area contributed by atoms with Gasteiger partial charge >= 0.3 is 0 Å². The van der Waals surface area contributed by atoms with E-state index >= 15 is 0 Å². The van der Waals surface area contributed by atoms with Crippen molar-refractivity contribution >= 4 is 32.5 Å². The van der Waals surface area contributed by atoms with Crippen LogP contribution < -0.4 is 0 Å². The molecule has 116 valence electrons. The van der Waals surface area contributed by atoms with Gasteiger partial charge in [0.15, 0.2) is 4.91 Å². The topological polar surface area (TPSA) is 0 Å². The second-order valence-corrected chi connectivity index (χ2v) is 8.72. The first-order valence-corrected chi connectivity index (χ1v) is 10.5. The Morgan fingerprint density at radius 2 is 1.27 bits per heavy atom. The lowest BCUT2D eigenvalue weighted by Crippen LogP contribution is -2.11. The van der Waals surface area contributed by atoms with Crippen LogP contribution in [0.4, 0.5) is 0 Å². The quantitative estimate of drug-likeness (QED) is 0.448. The lowest BCUT2D eigenvalue weighted by Gasteiger charge is -2.15. The van der Waals surface area contributed by atoms with E-state index in [2.05, 4.69) is 81.4 Å². The Kier molecular flexibility index (Phi) is 7.14. The van der Waals surface area contributed by atoms with Crippen molar-refractivity contribution in [2.75, 3.05) is 17.3 Å². The molecule has 0 amide bonds. The van der Waals surface area contributed by atoms with Gasteiger partial charge in [0.1, 0.15) is 11.5 Å². The molecule has 2 heteroatoms. The van der Waals surface area contributed by atoms with Crippen LogP contribution >= 0.6 is 11.8 Å². The predicted molar refractivity (Wildman–Crippen MR) is 106 cm³/mol. The van der Waals surface area contributed by atoms with E-state index in [1.807, 2.05) is 11.8 Å². The fourth-order valence-corrected chi connectivity index (χ4v) is 5.73. The highest BCUT2D eigenvalue weighted by Gasteiger charge is 2.27. The van der Waals surface area contributed by atoms with Gasteiger partial charge in [0.05, 0.1) is 4.91 Å². The average Bonchev–Trinajstić information content (AvgIpc) is 2.59. The molecule has 22 heavy (non-hydrogen) atoms. The van der Waals surface area contributed by atoms with Gasteiger partial charge in [-0.05, 0) is 37.3 Å². The van der Waals surface area contributed by atoms with Crippen LogP contribution in [-0.2, 0) is 10.9 Å². The van der Waals surface area contributed by atoms with Gasteiger partial charge in [0, 0.05) is 16.5 Å². The normalized spacial score (nSPS) is 12.4. The highest BCUT2D eigenvalue weighted by Crippen LogP contribution is 2.39. The van der Waals surface area contributed by atoms with E-state index in [-0.39, 0.29) is 0 Å². The molecule has 0 N–H and O–H groups in total. The Bertz CT molecular complexity index is 584. The van der Waals surface area contributed by atoms with Gasteiger partial charge in [0.2, 0.25) is 0 Å². The molecular formula is C20H25S2+. The van der Waals surface area contributed by atoms with Crippen LogP contribution in [0.3, 0.4) is 0 Å². The maximum absolute atomic E-state index is 2.31. The minimum Gasteiger partial charge on any atom is -0.121 e. The molecule has 0 saturated carbocycles. The van der Waals surface area contributed by atoms with Crippen molar-refractivity contribution in [1.29, 1.82) is 0 Å². The van der Waals surface area contributed by atoms with E-state index in [1.165, 1.54) is 27.5 Å². The molecule has 2 rings (SSSR count). The Hall–Kier alpha value is -1.12. The molecule has 0 unspecified atom stereocenters. The van der Waals surface area contributed by atoms with Crippen LogP contribution in [0.1, 0.15) is 31.9 Å². The maximum atomic E-state index is 2.31. The van der Waals surface area contributed by atoms with Crippen molar-refractivity contribution in [2.24, 2.45) is 0 Å². The summed E-state index contributed by atoms with van der Waals surface area (Å²) in [6.07, 6.45) is 0.